The third-order valence-corrected chi connectivity index (χ3v) is 2.66. The van der Waals surface area contributed by atoms with Crippen LogP contribution in [0.4, 0.5) is 0 Å². The highest BCUT2D eigenvalue weighted by atomic mass is 16.5. The molecule has 0 fully saturated rings. The molecule has 2 unspecified atom stereocenters. The molecule has 0 aliphatic heterocycles. The molecule has 0 heterocycles. The summed E-state index contributed by atoms with van der Waals surface area (Å²) in [6, 6.07) is 9.52. The van der Waals surface area contributed by atoms with Gasteiger partial charge in [0.05, 0.1) is 19.1 Å². The van der Waals surface area contributed by atoms with Crippen molar-refractivity contribution in [3.63, 3.8) is 0 Å². The summed E-state index contributed by atoms with van der Waals surface area (Å²) in [5.74, 6) is -1.20. The van der Waals surface area contributed by atoms with Crippen molar-refractivity contribution in [1.29, 1.82) is 0 Å². The summed E-state index contributed by atoms with van der Waals surface area (Å²) in [4.78, 5) is 11.7. The molecular formula is C14H18O3. The summed E-state index contributed by atoms with van der Waals surface area (Å²) in [6.45, 7) is 5.55. The number of esters is 1. The Balaban J connectivity index is 2.91. The zero-order chi connectivity index (χ0) is 12.7. The van der Waals surface area contributed by atoms with Gasteiger partial charge in [-0.3, -0.25) is 4.79 Å². The van der Waals surface area contributed by atoms with E-state index < -0.39 is 5.92 Å². The number of carbonyl (C=O) groups excluding carboxylic acids is 1. The Hall–Kier alpha value is -1.61. The van der Waals surface area contributed by atoms with Crippen LogP contribution in [0.3, 0.4) is 0 Å². The monoisotopic (exact) mass is 234 g/mol. The number of aliphatic hydroxyl groups is 1. The normalized spacial score (nSPS) is 13.8. The highest BCUT2D eigenvalue weighted by molar-refractivity contribution is 5.74. The lowest BCUT2D eigenvalue weighted by atomic mass is 9.86. The first-order valence-electron chi connectivity index (χ1n) is 5.69. The number of carbonyl (C=O) groups is 1. The van der Waals surface area contributed by atoms with Crippen molar-refractivity contribution in [2.45, 2.75) is 12.8 Å². The minimum Gasteiger partial charge on any atom is -0.466 e. The van der Waals surface area contributed by atoms with Gasteiger partial charge in [0.25, 0.3) is 0 Å². The van der Waals surface area contributed by atoms with Crippen LogP contribution in [0.5, 0.6) is 0 Å². The highest BCUT2D eigenvalue weighted by Gasteiger charge is 2.27. The summed E-state index contributed by atoms with van der Waals surface area (Å²) >= 11 is 0. The summed E-state index contributed by atoms with van der Waals surface area (Å²) < 4.78 is 4.95. The number of aliphatic hydroxyl groups excluding tert-OH is 1. The predicted octanol–water partition coefficient (Wildman–Crippen LogP) is 2.13. The minimum atomic E-state index is -0.588. The van der Waals surface area contributed by atoms with Crippen LogP contribution >= 0.6 is 0 Å². The second kappa shape index (κ2) is 6.86. The molecule has 0 amide bonds. The zero-order valence-electron chi connectivity index (χ0n) is 10.0. The average molecular weight is 234 g/mol. The summed E-state index contributed by atoms with van der Waals surface area (Å²) in [6.07, 6.45) is 1.67. The molecule has 0 aliphatic rings. The molecule has 0 radical (unpaired) electrons. The fourth-order valence-corrected chi connectivity index (χ4v) is 1.79. The summed E-state index contributed by atoms with van der Waals surface area (Å²) in [5, 5.41) is 9.34. The van der Waals surface area contributed by atoms with Crippen LogP contribution in [-0.4, -0.2) is 24.3 Å². The van der Waals surface area contributed by atoms with Gasteiger partial charge in [-0.2, -0.15) is 0 Å². The largest absolute Gasteiger partial charge is 0.466 e. The Kier molecular flexibility index (Phi) is 5.43. The number of rotatable bonds is 6. The third kappa shape index (κ3) is 3.43. The molecule has 0 saturated carbocycles. The van der Waals surface area contributed by atoms with Crippen molar-refractivity contribution in [1.82, 2.24) is 0 Å². The van der Waals surface area contributed by atoms with E-state index in [0.29, 0.717) is 6.61 Å². The second-order valence-corrected chi connectivity index (χ2v) is 3.71. The van der Waals surface area contributed by atoms with Crippen molar-refractivity contribution >= 4 is 5.97 Å². The lowest BCUT2D eigenvalue weighted by Gasteiger charge is -2.21. The Labute approximate surface area is 102 Å². The van der Waals surface area contributed by atoms with Gasteiger partial charge in [-0.25, -0.2) is 0 Å². The number of ether oxygens (including phenoxy) is 1. The highest BCUT2D eigenvalue weighted by Crippen LogP contribution is 2.26. The number of hydrogen-bond acceptors (Lipinski definition) is 3. The topological polar surface area (TPSA) is 46.5 Å². The van der Waals surface area contributed by atoms with Gasteiger partial charge in [0.2, 0.25) is 0 Å². The quantitative estimate of drug-likeness (QED) is 0.606. The van der Waals surface area contributed by atoms with Gasteiger partial charge in [0, 0.05) is 5.92 Å². The zero-order valence-corrected chi connectivity index (χ0v) is 10.0. The fraction of sp³-hybridized carbons (Fsp3) is 0.357. The number of benzene rings is 1. The summed E-state index contributed by atoms with van der Waals surface area (Å²) in [5.41, 5.74) is 0.953. The smallest absolute Gasteiger partial charge is 0.312 e. The molecular weight excluding hydrogens is 216 g/mol. The molecule has 92 valence electrons. The molecule has 3 heteroatoms. The average Bonchev–Trinajstić information content (AvgIpc) is 2.37. The Bertz CT molecular complexity index is 359. The molecule has 0 saturated heterocycles. The van der Waals surface area contributed by atoms with Crippen LogP contribution in [0.1, 0.15) is 18.4 Å². The standard InChI is InChI=1S/C14H18O3/c1-3-12(11-8-6-5-7-9-11)13(10-15)14(16)17-4-2/h3,5-9,12-13,15H,1,4,10H2,2H3. The molecule has 3 nitrogen and oxygen atoms in total. The third-order valence-electron chi connectivity index (χ3n) is 2.66. The van der Waals surface area contributed by atoms with Crippen LogP contribution in [-0.2, 0) is 9.53 Å². The lowest BCUT2D eigenvalue weighted by Crippen LogP contribution is -2.26. The Morgan fingerprint density at radius 3 is 2.59 bits per heavy atom. The molecule has 0 bridgehead atoms. The van der Waals surface area contributed by atoms with Gasteiger partial charge >= 0.3 is 5.97 Å². The van der Waals surface area contributed by atoms with Gasteiger partial charge in [-0.05, 0) is 12.5 Å². The Morgan fingerprint density at radius 1 is 1.47 bits per heavy atom. The van der Waals surface area contributed by atoms with Gasteiger partial charge in [0.15, 0.2) is 0 Å². The Morgan fingerprint density at radius 2 is 2.12 bits per heavy atom. The number of allylic oxidation sites excluding steroid dienone is 1. The van der Waals surface area contributed by atoms with Crippen molar-refractivity contribution in [2.75, 3.05) is 13.2 Å². The maximum atomic E-state index is 11.7. The summed E-state index contributed by atoms with van der Waals surface area (Å²) in [7, 11) is 0. The maximum absolute atomic E-state index is 11.7. The van der Waals surface area contributed by atoms with Crippen LogP contribution in [0.25, 0.3) is 0 Å². The van der Waals surface area contributed by atoms with Crippen LogP contribution < -0.4 is 0 Å². The fourth-order valence-electron chi connectivity index (χ4n) is 1.79. The van der Waals surface area contributed by atoms with Gasteiger partial charge < -0.3 is 9.84 Å². The first kappa shape index (κ1) is 13.5. The van der Waals surface area contributed by atoms with E-state index in [1.54, 1.807) is 13.0 Å². The van der Waals surface area contributed by atoms with E-state index in [0.717, 1.165) is 5.56 Å². The van der Waals surface area contributed by atoms with E-state index in [1.807, 2.05) is 30.3 Å². The van der Waals surface area contributed by atoms with Crippen LogP contribution in [0.15, 0.2) is 43.0 Å². The van der Waals surface area contributed by atoms with E-state index >= 15 is 0 Å². The molecule has 1 aromatic carbocycles. The lowest BCUT2D eigenvalue weighted by molar-refractivity contribution is -0.149. The van der Waals surface area contributed by atoms with Crippen molar-refractivity contribution in [3.05, 3.63) is 48.6 Å². The van der Waals surface area contributed by atoms with Gasteiger partial charge in [-0.1, -0.05) is 36.4 Å². The predicted molar refractivity (Wildman–Crippen MR) is 66.6 cm³/mol. The molecule has 2 atom stereocenters. The number of hydrogen-bond donors (Lipinski definition) is 1. The molecule has 1 N–H and O–H groups in total. The first-order valence-corrected chi connectivity index (χ1v) is 5.69. The van der Waals surface area contributed by atoms with E-state index in [9.17, 15) is 9.90 Å². The minimum absolute atomic E-state index is 0.222. The molecule has 0 aromatic heterocycles. The molecule has 17 heavy (non-hydrogen) atoms. The maximum Gasteiger partial charge on any atom is 0.312 e. The first-order chi connectivity index (χ1) is 8.24. The van der Waals surface area contributed by atoms with Crippen LogP contribution in [0, 0.1) is 5.92 Å². The second-order valence-electron chi connectivity index (χ2n) is 3.71. The van der Waals surface area contributed by atoms with Crippen molar-refractivity contribution in [3.8, 4) is 0 Å². The molecule has 0 spiro atoms. The van der Waals surface area contributed by atoms with Gasteiger partial charge in [-0.15, -0.1) is 6.58 Å². The van der Waals surface area contributed by atoms with E-state index in [4.69, 9.17) is 4.74 Å². The SMILES string of the molecule is C=CC(c1ccccc1)C(CO)C(=O)OCC. The van der Waals surface area contributed by atoms with Crippen molar-refractivity contribution < 1.29 is 14.6 Å². The van der Waals surface area contributed by atoms with E-state index in [1.165, 1.54) is 0 Å². The van der Waals surface area contributed by atoms with E-state index in [2.05, 4.69) is 6.58 Å². The van der Waals surface area contributed by atoms with Crippen molar-refractivity contribution in [2.24, 2.45) is 5.92 Å². The molecule has 1 rings (SSSR count). The molecule has 0 aliphatic carbocycles. The van der Waals surface area contributed by atoms with Crippen LogP contribution in [0.2, 0.25) is 0 Å². The van der Waals surface area contributed by atoms with E-state index in [-0.39, 0.29) is 18.5 Å². The van der Waals surface area contributed by atoms with Gasteiger partial charge in [0.1, 0.15) is 0 Å². The molecule has 1 aromatic rings.